The van der Waals surface area contributed by atoms with Gasteiger partial charge in [0.05, 0.1) is 11.3 Å². The van der Waals surface area contributed by atoms with Gasteiger partial charge in [0.1, 0.15) is 5.82 Å². The van der Waals surface area contributed by atoms with Crippen LogP contribution in [0.4, 0.5) is 0 Å². The molecular weight excluding hydrogens is 312 g/mol. The van der Waals surface area contributed by atoms with Gasteiger partial charge in [-0.1, -0.05) is 36.0 Å². The molecular formula is C15H14N6OS. The first-order chi connectivity index (χ1) is 11.2. The van der Waals surface area contributed by atoms with E-state index in [2.05, 4.69) is 20.2 Å². The van der Waals surface area contributed by atoms with Crippen LogP contribution in [-0.4, -0.2) is 29.7 Å². The highest BCUT2D eigenvalue weighted by Crippen LogP contribution is 2.25. The molecule has 0 fully saturated rings. The van der Waals surface area contributed by atoms with E-state index in [-0.39, 0.29) is 0 Å². The van der Waals surface area contributed by atoms with Crippen molar-refractivity contribution in [3.63, 3.8) is 0 Å². The van der Waals surface area contributed by atoms with Crippen molar-refractivity contribution >= 4 is 28.3 Å². The number of fused-ring (bicyclic) bond motifs is 3. The number of hydrogen-bond donors (Lipinski definition) is 0. The molecule has 0 aliphatic heterocycles. The first kappa shape index (κ1) is 14.1. The summed E-state index contributed by atoms with van der Waals surface area (Å²) in [6.45, 7) is 3.87. The van der Waals surface area contributed by atoms with Crippen LogP contribution < -0.4 is 0 Å². The van der Waals surface area contributed by atoms with Gasteiger partial charge >= 0.3 is 0 Å². The van der Waals surface area contributed by atoms with Crippen molar-refractivity contribution < 1.29 is 4.52 Å². The smallest absolute Gasteiger partial charge is 0.237 e. The summed E-state index contributed by atoms with van der Waals surface area (Å²) < 4.78 is 7.00. The van der Waals surface area contributed by atoms with E-state index in [1.165, 1.54) is 11.8 Å². The summed E-state index contributed by atoms with van der Waals surface area (Å²) in [6, 6.07) is 7.93. The normalized spacial score (nSPS) is 11.6. The minimum Gasteiger partial charge on any atom is -0.338 e. The molecule has 0 atom stereocenters. The van der Waals surface area contributed by atoms with Crippen LogP contribution in [0.5, 0.6) is 0 Å². The van der Waals surface area contributed by atoms with Crippen LogP contribution in [0.25, 0.3) is 16.6 Å². The Hall–Kier alpha value is -2.48. The Labute approximate surface area is 136 Å². The molecule has 116 valence electrons. The largest absolute Gasteiger partial charge is 0.338 e. The Morgan fingerprint density at radius 1 is 1.17 bits per heavy atom. The minimum absolute atomic E-state index is 0.548. The number of hydrogen-bond acceptors (Lipinski definition) is 7. The van der Waals surface area contributed by atoms with E-state index >= 15 is 0 Å². The highest BCUT2D eigenvalue weighted by atomic mass is 32.2. The minimum atomic E-state index is 0.548. The summed E-state index contributed by atoms with van der Waals surface area (Å²) in [5.41, 5.74) is 1.71. The van der Waals surface area contributed by atoms with Crippen LogP contribution in [-0.2, 0) is 12.2 Å². The number of benzene rings is 1. The maximum Gasteiger partial charge on any atom is 0.237 e. The van der Waals surface area contributed by atoms with E-state index < -0.39 is 0 Å². The van der Waals surface area contributed by atoms with Gasteiger partial charge in [0, 0.05) is 11.8 Å². The topological polar surface area (TPSA) is 82.0 Å². The lowest BCUT2D eigenvalue weighted by Gasteiger charge is -2.04. The van der Waals surface area contributed by atoms with E-state index in [1.807, 2.05) is 38.1 Å². The summed E-state index contributed by atoms with van der Waals surface area (Å²) in [5.74, 6) is 2.57. The predicted molar refractivity (Wildman–Crippen MR) is 86.3 cm³/mol. The molecule has 0 saturated heterocycles. The number of rotatable bonds is 4. The average molecular weight is 326 g/mol. The molecule has 0 radical (unpaired) electrons. The third kappa shape index (κ3) is 2.55. The molecule has 0 aliphatic rings. The SMILES string of the molecule is CCc1noc(CSc2nc3ccccc3c3nc(C)nn23)n1. The van der Waals surface area contributed by atoms with Crippen molar-refractivity contribution in [2.75, 3.05) is 0 Å². The third-order valence-corrected chi connectivity index (χ3v) is 4.32. The Bertz CT molecular complexity index is 992. The fourth-order valence-corrected chi connectivity index (χ4v) is 3.13. The van der Waals surface area contributed by atoms with Crippen LogP contribution >= 0.6 is 11.8 Å². The quantitative estimate of drug-likeness (QED) is 0.421. The second-order valence-corrected chi connectivity index (χ2v) is 6.00. The van der Waals surface area contributed by atoms with Crippen molar-refractivity contribution in [1.29, 1.82) is 0 Å². The molecule has 0 bridgehead atoms. The fourth-order valence-electron chi connectivity index (χ4n) is 2.35. The van der Waals surface area contributed by atoms with Crippen molar-refractivity contribution in [2.45, 2.75) is 31.2 Å². The van der Waals surface area contributed by atoms with Crippen molar-refractivity contribution in [3.8, 4) is 0 Å². The maximum absolute atomic E-state index is 5.23. The van der Waals surface area contributed by atoms with Crippen LogP contribution in [0.2, 0.25) is 0 Å². The fraction of sp³-hybridized carbons (Fsp3) is 0.267. The monoisotopic (exact) mass is 326 g/mol. The lowest BCUT2D eigenvalue weighted by atomic mass is 10.2. The van der Waals surface area contributed by atoms with Crippen LogP contribution in [0.15, 0.2) is 33.9 Å². The molecule has 7 nitrogen and oxygen atoms in total. The summed E-state index contributed by atoms with van der Waals surface area (Å²) in [7, 11) is 0. The molecule has 3 heterocycles. The van der Waals surface area contributed by atoms with Crippen molar-refractivity contribution in [3.05, 3.63) is 41.8 Å². The zero-order valence-corrected chi connectivity index (χ0v) is 13.5. The number of thioether (sulfide) groups is 1. The molecule has 0 saturated carbocycles. The highest BCUT2D eigenvalue weighted by molar-refractivity contribution is 7.98. The van der Waals surface area contributed by atoms with Crippen LogP contribution in [0, 0.1) is 6.92 Å². The van der Waals surface area contributed by atoms with E-state index in [1.54, 1.807) is 4.52 Å². The van der Waals surface area contributed by atoms with Gasteiger partial charge in [-0.05, 0) is 19.1 Å². The zero-order valence-electron chi connectivity index (χ0n) is 12.7. The van der Waals surface area contributed by atoms with Gasteiger partial charge in [-0.25, -0.2) is 9.97 Å². The molecule has 0 spiro atoms. The predicted octanol–water partition coefficient (Wildman–Crippen LogP) is 2.82. The van der Waals surface area contributed by atoms with Crippen molar-refractivity contribution in [2.24, 2.45) is 0 Å². The Kier molecular flexibility index (Phi) is 3.45. The van der Waals surface area contributed by atoms with E-state index in [4.69, 9.17) is 9.51 Å². The lowest BCUT2D eigenvalue weighted by molar-refractivity contribution is 0.385. The average Bonchev–Trinajstić information content (AvgIpc) is 3.18. The molecule has 1 aromatic carbocycles. The molecule has 4 rings (SSSR count). The van der Waals surface area contributed by atoms with Gasteiger partial charge in [0.2, 0.25) is 5.89 Å². The first-order valence-corrected chi connectivity index (χ1v) is 8.29. The lowest BCUT2D eigenvalue weighted by Crippen LogP contribution is -1.98. The molecule has 0 N–H and O–H groups in total. The van der Waals surface area contributed by atoms with Gasteiger partial charge in [-0.3, -0.25) is 0 Å². The Morgan fingerprint density at radius 2 is 2.04 bits per heavy atom. The molecule has 4 aromatic rings. The summed E-state index contributed by atoms with van der Waals surface area (Å²) >= 11 is 1.51. The molecule has 0 unspecified atom stereocenters. The second kappa shape index (κ2) is 5.62. The first-order valence-electron chi connectivity index (χ1n) is 7.31. The van der Waals surface area contributed by atoms with Crippen LogP contribution in [0.3, 0.4) is 0 Å². The van der Waals surface area contributed by atoms with Gasteiger partial charge in [-0.15, -0.1) is 5.10 Å². The van der Waals surface area contributed by atoms with Gasteiger partial charge in [0.15, 0.2) is 16.6 Å². The van der Waals surface area contributed by atoms with Gasteiger partial charge in [-0.2, -0.15) is 9.50 Å². The van der Waals surface area contributed by atoms with Crippen molar-refractivity contribution in [1.82, 2.24) is 29.7 Å². The molecule has 3 aromatic heterocycles. The van der Waals surface area contributed by atoms with E-state index in [9.17, 15) is 0 Å². The summed E-state index contributed by atoms with van der Waals surface area (Å²) in [5, 5.41) is 10.1. The number of nitrogens with zero attached hydrogens (tertiary/aromatic N) is 6. The molecule has 23 heavy (non-hydrogen) atoms. The number of aryl methyl sites for hydroxylation is 2. The summed E-state index contributed by atoms with van der Waals surface area (Å²) in [6.07, 6.45) is 0.759. The number of aromatic nitrogens is 6. The third-order valence-electron chi connectivity index (χ3n) is 3.41. The van der Waals surface area contributed by atoms with E-state index in [0.717, 1.165) is 34.0 Å². The zero-order chi connectivity index (χ0) is 15.8. The molecule has 0 amide bonds. The number of para-hydroxylation sites is 1. The maximum atomic E-state index is 5.23. The highest BCUT2D eigenvalue weighted by Gasteiger charge is 2.14. The summed E-state index contributed by atoms with van der Waals surface area (Å²) in [4.78, 5) is 13.5. The van der Waals surface area contributed by atoms with Gasteiger partial charge in [0.25, 0.3) is 0 Å². The van der Waals surface area contributed by atoms with Gasteiger partial charge < -0.3 is 4.52 Å². The molecule has 0 aliphatic carbocycles. The molecule has 8 heteroatoms. The standard InChI is InChI=1S/C15H14N6OS/c1-3-12-18-13(22-20-12)8-23-15-17-11-7-5-4-6-10(11)14-16-9(2)19-21(14)15/h4-7H,3,8H2,1-2H3. The second-order valence-electron chi connectivity index (χ2n) is 5.05. The van der Waals surface area contributed by atoms with Crippen LogP contribution in [0.1, 0.15) is 24.5 Å². The Morgan fingerprint density at radius 3 is 2.87 bits per heavy atom. The Balaban J connectivity index is 1.75. The van der Waals surface area contributed by atoms with E-state index in [0.29, 0.717) is 17.5 Å².